The minimum absolute atomic E-state index is 0.652. The van der Waals surface area contributed by atoms with Crippen LogP contribution in [0.15, 0.2) is 34.9 Å². The van der Waals surface area contributed by atoms with Crippen molar-refractivity contribution in [1.29, 1.82) is 0 Å². The van der Waals surface area contributed by atoms with Gasteiger partial charge in [0.15, 0.2) is 0 Å². The Bertz CT molecular complexity index is 496. The van der Waals surface area contributed by atoms with Gasteiger partial charge in [-0.15, -0.1) is 0 Å². The third kappa shape index (κ3) is 2.71. The van der Waals surface area contributed by atoms with E-state index in [0.717, 1.165) is 25.6 Å². The molecule has 1 aromatic carbocycles. The number of hydrogen-bond donors (Lipinski definition) is 1. The van der Waals surface area contributed by atoms with Gasteiger partial charge in [0.1, 0.15) is 5.76 Å². The Morgan fingerprint density at radius 3 is 2.81 bits per heavy atom. The lowest BCUT2D eigenvalue weighted by Crippen LogP contribution is -2.00. The number of hydrogen-bond acceptors (Lipinski definition) is 2. The third-order valence-corrected chi connectivity index (χ3v) is 3.32. The predicted molar refractivity (Wildman–Crippen MR) is 74.9 cm³/mol. The van der Waals surface area contributed by atoms with Crippen molar-refractivity contribution >= 4 is 39.9 Å². The Morgan fingerprint density at radius 1 is 1.38 bits per heavy atom. The van der Waals surface area contributed by atoms with Gasteiger partial charge in [-0.1, -0.05) is 11.6 Å². The summed E-state index contributed by atoms with van der Waals surface area (Å²) in [5.41, 5.74) is 2.08. The molecule has 0 aliphatic carbocycles. The number of nitrogens with one attached hydrogen (secondary N) is 1. The van der Waals surface area contributed by atoms with E-state index in [4.69, 9.17) is 16.0 Å². The van der Waals surface area contributed by atoms with E-state index in [2.05, 4.69) is 27.9 Å². The number of anilines is 1. The number of aryl methyl sites for hydroxylation is 1. The maximum absolute atomic E-state index is 6.11. The summed E-state index contributed by atoms with van der Waals surface area (Å²) in [6.45, 7) is 2.68. The molecular formula is C12H11ClINO. The highest BCUT2D eigenvalue weighted by Gasteiger charge is 2.04. The van der Waals surface area contributed by atoms with E-state index in [1.54, 1.807) is 6.26 Å². The molecule has 0 aliphatic rings. The van der Waals surface area contributed by atoms with Crippen LogP contribution >= 0.6 is 34.2 Å². The van der Waals surface area contributed by atoms with Crippen LogP contribution in [0, 0.1) is 10.5 Å². The lowest BCUT2D eigenvalue weighted by molar-refractivity contribution is 0.515. The molecule has 0 aliphatic heterocycles. The maximum atomic E-state index is 6.11. The largest absolute Gasteiger partial charge is 0.467 e. The summed E-state index contributed by atoms with van der Waals surface area (Å²) in [5.74, 6) is 0.939. The summed E-state index contributed by atoms with van der Waals surface area (Å²) < 4.78 is 6.47. The molecule has 2 nitrogen and oxygen atoms in total. The Labute approximate surface area is 113 Å². The minimum Gasteiger partial charge on any atom is -0.467 e. The van der Waals surface area contributed by atoms with Gasteiger partial charge in [-0.2, -0.15) is 0 Å². The molecule has 4 heteroatoms. The van der Waals surface area contributed by atoms with Gasteiger partial charge in [0.05, 0.1) is 23.5 Å². The van der Waals surface area contributed by atoms with Gasteiger partial charge in [-0.05, 0) is 59.3 Å². The molecule has 0 unspecified atom stereocenters. The predicted octanol–water partition coefficient (Wildman–Crippen LogP) is 4.46. The number of furan rings is 1. The Hall–Kier alpha value is -0.680. The maximum Gasteiger partial charge on any atom is 0.125 e. The molecule has 0 spiro atoms. The Kier molecular flexibility index (Phi) is 3.76. The van der Waals surface area contributed by atoms with Gasteiger partial charge in [-0.25, -0.2) is 0 Å². The summed E-state index contributed by atoms with van der Waals surface area (Å²) in [5, 5.41) is 3.99. The average Bonchev–Trinajstić information content (AvgIpc) is 2.63. The standard InChI is InChI=1S/C12H11ClINO/c1-8-4-5-16-12(8)7-15-11-3-2-9(14)6-10(11)13/h2-6,15H,7H2,1H3. The number of halogens is 2. The van der Waals surface area contributed by atoms with Crippen LogP contribution < -0.4 is 5.32 Å². The molecule has 1 heterocycles. The molecule has 2 aromatic rings. The summed E-state index contributed by atoms with van der Waals surface area (Å²) in [6, 6.07) is 7.87. The van der Waals surface area contributed by atoms with Gasteiger partial charge in [-0.3, -0.25) is 0 Å². The Balaban J connectivity index is 2.08. The number of rotatable bonds is 3. The average molecular weight is 348 g/mol. The summed E-state index contributed by atoms with van der Waals surface area (Å²) in [4.78, 5) is 0. The normalized spacial score (nSPS) is 10.4. The van der Waals surface area contributed by atoms with Gasteiger partial charge >= 0.3 is 0 Å². The second kappa shape index (κ2) is 5.10. The van der Waals surface area contributed by atoms with Crippen LogP contribution in [-0.4, -0.2) is 0 Å². The van der Waals surface area contributed by atoms with Crippen molar-refractivity contribution in [2.75, 3.05) is 5.32 Å². The van der Waals surface area contributed by atoms with E-state index < -0.39 is 0 Å². The molecule has 0 bridgehead atoms. The first-order valence-corrected chi connectivity index (χ1v) is 6.34. The zero-order valence-corrected chi connectivity index (χ0v) is 11.7. The molecule has 0 radical (unpaired) electrons. The smallest absolute Gasteiger partial charge is 0.125 e. The molecule has 0 saturated carbocycles. The lowest BCUT2D eigenvalue weighted by atomic mass is 10.2. The fraction of sp³-hybridized carbons (Fsp3) is 0.167. The van der Waals surface area contributed by atoms with Crippen molar-refractivity contribution < 1.29 is 4.42 Å². The van der Waals surface area contributed by atoms with Crippen LogP contribution in [0.4, 0.5) is 5.69 Å². The van der Waals surface area contributed by atoms with Crippen molar-refractivity contribution in [1.82, 2.24) is 0 Å². The summed E-state index contributed by atoms with van der Waals surface area (Å²) in [6.07, 6.45) is 1.70. The van der Waals surface area contributed by atoms with Crippen LogP contribution in [0.5, 0.6) is 0 Å². The quantitative estimate of drug-likeness (QED) is 0.829. The van der Waals surface area contributed by atoms with Gasteiger partial charge in [0.2, 0.25) is 0 Å². The molecule has 0 atom stereocenters. The molecular weight excluding hydrogens is 336 g/mol. The van der Waals surface area contributed by atoms with Crippen LogP contribution in [-0.2, 0) is 6.54 Å². The van der Waals surface area contributed by atoms with E-state index in [1.165, 1.54) is 0 Å². The number of benzene rings is 1. The van der Waals surface area contributed by atoms with Gasteiger partial charge < -0.3 is 9.73 Å². The zero-order valence-electron chi connectivity index (χ0n) is 8.76. The molecule has 1 aromatic heterocycles. The van der Waals surface area contributed by atoms with E-state index >= 15 is 0 Å². The van der Waals surface area contributed by atoms with Crippen LogP contribution in [0.3, 0.4) is 0 Å². The first-order valence-electron chi connectivity index (χ1n) is 4.88. The first-order chi connectivity index (χ1) is 7.66. The van der Waals surface area contributed by atoms with Crippen LogP contribution in [0.25, 0.3) is 0 Å². The molecule has 0 saturated heterocycles. The van der Waals surface area contributed by atoms with Crippen molar-refractivity contribution in [3.63, 3.8) is 0 Å². The second-order valence-corrected chi connectivity index (χ2v) is 5.16. The monoisotopic (exact) mass is 347 g/mol. The van der Waals surface area contributed by atoms with Gasteiger partial charge in [0.25, 0.3) is 0 Å². The highest BCUT2D eigenvalue weighted by molar-refractivity contribution is 14.1. The van der Waals surface area contributed by atoms with E-state index in [9.17, 15) is 0 Å². The molecule has 2 rings (SSSR count). The zero-order chi connectivity index (χ0) is 11.5. The second-order valence-electron chi connectivity index (χ2n) is 3.50. The fourth-order valence-corrected chi connectivity index (χ4v) is 2.32. The van der Waals surface area contributed by atoms with E-state index in [1.807, 2.05) is 31.2 Å². The van der Waals surface area contributed by atoms with E-state index in [-0.39, 0.29) is 0 Å². The van der Waals surface area contributed by atoms with E-state index in [0.29, 0.717) is 6.54 Å². The van der Waals surface area contributed by atoms with Crippen molar-refractivity contribution in [2.24, 2.45) is 0 Å². The molecule has 16 heavy (non-hydrogen) atoms. The molecule has 0 fully saturated rings. The van der Waals surface area contributed by atoms with Gasteiger partial charge in [0, 0.05) is 3.57 Å². The fourth-order valence-electron chi connectivity index (χ4n) is 1.39. The first kappa shape index (κ1) is 11.8. The lowest BCUT2D eigenvalue weighted by Gasteiger charge is -2.07. The Morgan fingerprint density at radius 2 is 2.19 bits per heavy atom. The minimum atomic E-state index is 0.652. The van der Waals surface area contributed by atoms with Crippen molar-refractivity contribution in [3.05, 3.63) is 50.4 Å². The van der Waals surface area contributed by atoms with Crippen molar-refractivity contribution in [2.45, 2.75) is 13.5 Å². The molecule has 1 N–H and O–H groups in total. The SMILES string of the molecule is Cc1ccoc1CNc1ccc(I)cc1Cl. The van der Waals surface area contributed by atoms with Crippen LogP contribution in [0.1, 0.15) is 11.3 Å². The van der Waals surface area contributed by atoms with Crippen molar-refractivity contribution in [3.8, 4) is 0 Å². The summed E-state index contributed by atoms with van der Waals surface area (Å²) in [7, 11) is 0. The highest BCUT2D eigenvalue weighted by Crippen LogP contribution is 2.24. The molecule has 84 valence electrons. The topological polar surface area (TPSA) is 25.2 Å². The van der Waals surface area contributed by atoms with Crippen LogP contribution in [0.2, 0.25) is 5.02 Å². The summed E-state index contributed by atoms with van der Waals surface area (Å²) >= 11 is 8.35. The molecule has 0 amide bonds. The third-order valence-electron chi connectivity index (χ3n) is 2.34. The highest BCUT2D eigenvalue weighted by atomic mass is 127.